The molecule has 0 heterocycles. The van der Waals surface area contributed by atoms with Gasteiger partial charge in [0.25, 0.3) is 0 Å². The van der Waals surface area contributed by atoms with Crippen molar-refractivity contribution in [2.24, 2.45) is 0 Å². The molecule has 0 radical (unpaired) electrons. The van der Waals surface area contributed by atoms with Crippen LogP contribution in [-0.4, -0.2) is 56.0 Å². The molecule has 1 amide bonds. The predicted molar refractivity (Wildman–Crippen MR) is 121 cm³/mol. The highest BCUT2D eigenvalue weighted by Crippen LogP contribution is 2.48. The molecule has 0 saturated carbocycles. The normalized spacial score (nSPS) is 13.8. The number of fused-ring (bicyclic) bond motifs is 3. The van der Waals surface area contributed by atoms with Gasteiger partial charge in [-0.05, 0) is 36.1 Å². The van der Waals surface area contributed by atoms with Crippen LogP contribution in [0.2, 0.25) is 0 Å². The van der Waals surface area contributed by atoms with E-state index in [2.05, 4.69) is 5.32 Å². The highest BCUT2D eigenvalue weighted by molar-refractivity contribution is 7.53. The minimum absolute atomic E-state index is 0.0525. The van der Waals surface area contributed by atoms with Gasteiger partial charge in [-0.3, -0.25) is 4.57 Å². The van der Waals surface area contributed by atoms with Crippen molar-refractivity contribution in [2.45, 2.75) is 25.8 Å². The quantitative estimate of drug-likeness (QED) is 0.436. The minimum atomic E-state index is -3.49. The monoisotopic (exact) mass is 477 g/mol. The first-order valence-corrected chi connectivity index (χ1v) is 12.4. The second kappa shape index (κ2) is 11.4. The van der Waals surface area contributed by atoms with Crippen LogP contribution in [0.15, 0.2) is 48.5 Å². The number of ether oxygens (including phenoxy) is 2. The maximum absolute atomic E-state index is 12.4. The maximum atomic E-state index is 12.4. The van der Waals surface area contributed by atoms with Crippen molar-refractivity contribution < 1.29 is 37.8 Å². The van der Waals surface area contributed by atoms with Crippen LogP contribution in [0, 0.1) is 0 Å². The lowest BCUT2D eigenvalue weighted by Gasteiger charge is -2.20. The van der Waals surface area contributed by atoms with Crippen molar-refractivity contribution in [1.82, 2.24) is 5.32 Å². The van der Waals surface area contributed by atoms with Crippen LogP contribution in [0.5, 0.6) is 0 Å². The molecule has 0 unspecified atom stereocenters. The van der Waals surface area contributed by atoms with Crippen molar-refractivity contribution in [3.05, 3.63) is 59.7 Å². The Balaban J connectivity index is 1.57. The first kappa shape index (κ1) is 24.9. The van der Waals surface area contributed by atoms with Gasteiger partial charge in [-0.25, -0.2) is 9.59 Å². The van der Waals surface area contributed by atoms with Gasteiger partial charge in [0, 0.05) is 5.92 Å². The van der Waals surface area contributed by atoms with E-state index in [4.69, 9.17) is 18.5 Å². The van der Waals surface area contributed by atoms with Gasteiger partial charge in [0.05, 0.1) is 19.8 Å². The van der Waals surface area contributed by atoms with Crippen LogP contribution in [-0.2, 0) is 27.9 Å². The molecule has 2 aromatic carbocycles. The first-order chi connectivity index (χ1) is 15.9. The second-order valence-corrected chi connectivity index (χ2v) is 9.30. The number of carbonyl (C=O) groups excluding carboxylic acids is 1. The maximum Gasteiger partial charge on any atom is 0.407 e. The number of carbonyl (C=O) groups is 2. The van der Waals surface area contributed by atoms with E-state index < -0.39 is 38.7 Å². The Labute approximate surface area is 192 Å². The Kier molecular flexibility index (Phi) is 8.63. The fraction of sp³-hybridized carbons (Fsp3) is 0.391. The van der Waals surface area contributed by atoms with Gasteiger partial charge in [0.1, 0.15) is 13.0 Å². The Morgan fingerprint density at radius 2 is 1.55 bits per heavy atom. The van der Waals surface area contributed by atoms with Gasteiger partial charge < -0.3 is 28.9 Å². The average Bonchev–Trinajstić information content (AvgIpc) is 3.11. The molecular weight excluding hydrogens is 449 g/mol. The number of hydrogen-bond acceptors (Lipinski definition) is 7. The second-order valence-electron chi connectivity index (χ2n) is 7.31. The van der Waals surface area contributed by atoms with E-state index in [0.29, 0.717) is 0 Å². The van der Waals surface area contributed by atoms with E-state index >= 15 is 0 Å². The molecule has 0 aromatic heterocycles. The average molecular weight is 477 g/mol. The van der Waals surface area contributed by atoms with Crippen molar-refractivity contribution >= 4 is 19.7 Å². The van der Waals surface area contributed by atoms with Gasteiger partial charge in [-0.15, -0.1) is 0 Å². The van der Waals surface area contributed by atoms with Crippen molar-refractivity contribution in [2.75, 3.05) is 32.8 Å². The van der Waals surface area contributed by atoms with E-state index in [1.165, 1.54) is 0 Å². The summed E-state index contributed by atoms with van der Waals surface area (Å²) in [5.74, 6) is -1.46. The highest BCUT2D eigenvalue weighted by Gasteiger charge is 2.30. The van der Waals surface area contributed by atoms with Gasteiger partial charge in [0.15, 0.2) is 6.04 Å². The smallest absolute Gasteiger partial charge is 0.407 e. The van der Waals surface area contributed by atoms with Crippen LogP contribution in [0.25, 0.3) is 11.1 Å². The number of aliphatic carboxylic acids is 1. The number of carboxylic acid groups (broad SMARTS) is 1. The summed E-state index contributed by atoms with van der Waals surface area (Å²) < 4.78 is 33.2. The highest BCUT2D eigenvalue weighted by atomic mass is 31.2. The molecule has 1 atom stereocenters. The first-order valence-electron chi connectivity index (χ1n) is 10.7. The predicted octanol–water partition coefficient (Wildman–Crippen LogP) is 4.22. The summed E-state index contributed by atoms with van der Waals surface area (Å²) in [5, 5.41) is 11.7. The van der Waals surface area contributed by atoms with Crippen LogP contribution in [0.4, 0.5) is 4.79 Å². The molecule has 3 rings (SSSR count). The number of alkyl carbamates (subject to hydrolysis) is 1. The summed E-state index contributed by atoms with van der Waals surface area (Å²) in [5.41, 5.74) is 4.28. The third-order valence-corrected chi connectivity index (χ3v) is 6.92. The molecule has 0 saturated heterocycles. The van der Waals surface area contributed by atoms with E-state index in [1.54, 1.807) is 13.8 Å². The lowest BCUT2D eigenvalue weighted by molar-refractivity contribution is -0.140. The fourth-order valence-electron chi connectivity index (χ4n) is 3.74. The van der Waals surface area contributed by atoms with Gasteiger partial charge in [-0.1, -0.05) is 48.5 Å². The van der Waals surface area contributed by atoms with Crippen LogP contribution in [0.1, 0.15) is 30.9 Å². The Bertz CT molecular complexity index is 972. The summed E-state index contributed by atoms with van der Waals surface area (Å²) in [6.45, 7) is 3.25. The molecule has 10 heteroatoms. The molecule has 0 fully saturated rings. The Hall–Kier alpha value is -2.71. The third kappa shape index (κ3) is 6.21. The number of carboxylic acids is 1. The number of benzene rings is 2. The molecule has 2 aromatic rings. The van der Waals surface area contributed by atoms with Crippen LogP contribution in [0.3, 0.4) is 0 Å². The summed E-state index contributed by atoms with van der Waals surface area (Å²) in [6, 6.07) is 14.4. The molecule has 33 heavy (non-hydrogen) atoms. The standard InChI is InChI=1S/C23H28NO8P/c1-3-31-33(28,32-4-2)15-29-14-21(22(25)26)24-23(27)30-13-20-18-11-7-5-9-16(18)17-10-6-8-12-19(17)20/h5-12,20-21H,3-4,13-15H2,1-2H3,(H,24,27)(H,25,26)/t21-/m0/s1. The largest absolute Gasteiger partial charge is 0.480 e. The number of nitrogens with one attached hydrogen (secondary N) is 1. The van der Waals surface area contributed by atoms with Crippen molar-refractivity contribution in [3.8, 4) is 11.1 Å². The SMILES string of the molecule is CCOP(=O)(COC[C@H](NC(=O)OCC1c2ccccc2-c2ccccc21)C(=O)O)OCC. The van der Waals surface area contributed by atoms with E-state index in [1.807, 2.05) is 48.5 Å². The molecule has 2 N–H and O–H groups in total. The summed E-state index contributed by atoms with van der Waals surface area (Å²) in [7, 11) is -3.49. The fourth-order valence-corrected chi connectivity index (χ4v) is 5.08. The van der Waals surface area contributed by atoms with Crippen molar-refractivity contribution in [3.63, 3.8) is 0 Å². The van der Waals surface area contributed by atoms with Crippen molar-refractivity contribution in [1.29, 1.82) is 0 Å². The Morgan fingerprint density at radius 3 is 2.06 bits per heavy atom. The molecule has 0 spiro atoms. The molecule has 178 valence electrons. The van der Waals surface area contributed by atoms with Gasteiger partial charge >= 0.3 is 19.7 Å². The number of hydrogen-bond donors (Lipinski definition) is 2. The molecule has 1 aliphatic carbocycles. The van der Waals surface area contributed by atoms with E-state index in [0.717, 1.165) is 22.3 Å². The van der Waals surface area contributed by atoms with E-state index in [9.17, 15) is 19.3 Å². The number of amides is 1. The molecule has 9 nitrogen and oxygen atoms in total. The van der Waals surface area contributed by atoms with Gasteiger partial charge in [0.2, 0.25) is 0 Å². The zero-order valence-electron chi connectivity index (χ0n) is 18.6. The molecular formula is C23H28NO8P. The molecule has 0 bridgehead atoms. The third-order valence-electron chi connectivity index (χ3n) is 5.12. The molecule has 0 aliphatic heterocycles. The Morgan fingerprint density at radius 1 is 1.00 bits per heavy atom. The number of rotatable bonds is 12. The van der Waals surface area contributed by atoms with Gasteiger partial charge in [-0.2, -0.15) is 0 Å². The summed E-state index contributed by atoms with van der Waals surface area (Å²) in [6.07, 6.45) is -1.31. The minimum Gasteiger partial charge on any atom is -0.480 e. The van der Waals surface area contributed by atoms with Crippen LogP contribution >= 0.6 is 7.60 Å². The molecule has 1 aliphatic rings. The summed E-state index contributed by atoms with van der Waals surface area (Å²) in [4.78, 5) is 23.9. The zero-order valence-corrected chi connectivity index (χ0v) is 19.5. The topological polar surface area (TPSA) is 120 Å². The zero-order chi connectivity index (χ0) is 23.8. The summed E-state index contributed by atoms with van der Waals surface area (Å²) >= 11 is 0. The lowest BCUT2D eigenvalue weighted by atomic mass is 9.98. The lowest BCUT2D eigenvalue weighted by Crippen LogP contribution is -2.44. The van der Waals surface area contributed by atoms with Crippen LogP contribution < -0.4 is 5.32 Å². The van der Waals surface area contributed by atoms with E-state index in [-0.39, 0.29) is 25.7 Å².